The standard InChI is InChI=1S/C11H9Cl2NO3S/c12-11(13)5-7(11)6-14-10(15)8-3-1-2-4-9(8)18(14,16)17/h1-4,7H,5-6H2. The predicted octanol–water partition coefficient (Wildman–Crippen LogP) is 2.02. The van der Waals surface area contributed by atoms with Crippen LogP contribution in [0.15, 0.2) is 29.2 Å². The molecule has 1 aliphatic heterocycles. The van der Waals surface area contributed by atoms with Crippen LogP contribution in [-0.4, -0.2) is 29.5 Å². The Morgan fingerprint density at radius 1 is 1.33 bits per heavy atom. The van der Waals surface area contributed by atoms with E-state index in [0.29, 0.717) is 6.42 Å². The van der Waals surface area contributed by atoms with Gasteiger partial charge in [0.25, 0.3) is 15.9 Å². The maximum absolute atomic E-state index is 12.2. The first-order valence-electron chi connectivity index (χ1n) is 5.38. The molecule has 1 saturated carbocycles. The van der Waals surface area contributed by atoms with Gasteiger partial charge in [0, 0.05) is 12.5 Å². The van der Waals surface area contributed by atoms with Crippen LogP contribution in [-0.2, 0) is 10.0 Å². The third-order valence-electron chi connectivity index (χ3n) is 3.25. The number of nitrogens with zero attached hydrogens (tertiary/aromatic N) is 1. The Kier molecular flexibility index (Phi) is 2.47. The minimum Gasteiger partial charge on any atom is -0.268 e. The first-order chi connectivity index (χ1) is 8.34. The Bertz CT molecular complexity index is 641. The maximum atomic E-state index is 12.2. The van der Waals surface area contributed by atoms with E-state index in [-0.39, 0.29) is 22.9 Å². The second kappa shape index (κ2) is 3.62. The van der Waals surface area contributed by atoms with E-state index in [0.717, 1.165) is 4.31 Å². The van der Waals surface area contributed by atoms with Crippen molar-refractivity contribution in [2.24, 2.45) is 5.92 Å². The lowest BCUT2D eigenvalue weighted by molar-refractivity contribution is 0.0867. The van der Waals surface area contributed by atoms with Crippen molar-refractivity contribution in [3.63, 3.8) is 0 Å². The van der Waals surface area contributed by atoms with E-state index in [9.17, 15) is 13.2 Å². The summed E-state index contributed by atoms with van der Waals surface area (Å²) in [6.07, 6.45) is 0.506. The molecule has 1 aromatic rings. The van der Waals surface area contributed by atoms with Gasteiger partial charge in [0.15, 0.2) is 0 Å². The highest BCUT2D eigenvalue weighted by atomic mass is 35.5. The molecule has 3 rings (SSSR count). The van der Waals surface area contributed by atoms with E-state index < -0.39 is 20.3 Å². The summed E-state index contributed by atoms with van der Waals surface area (Å²) in [5.41, 5.74) is 0.216. The van der Waals surface area contributed by atoms with Gasteiger partial charge in [0.2, 0.25) is 0 Å². The van der Waals surface area contributed by atoms with Crippen molar-refractivity contribution in [3.05, 3.63) is 29.8 Å². The van der Waals surface area contributed by atoms with Crippen molar-refractivity contribution < 1.29 is 13.2 Å². The number of hydrogen-bond donors (Lipinski definition) is 0. The van der Waals surface area contributed by atoms with Gasteiger partial charge in [-0.05, 0) is 18.6 Å². The van der Waals surface area contributed by atoms with Gasteiger partial charge in [0.1, 0.15) is 9.23 Å². The second-order valence-corrected chi connectivity index (χ2v) is 7.87. The third-order valence-corrected chi connectivity index (χ3v) is 5.99. The Labute approximate surface area is 115 Å². The van der Waals surface area contributed by atoms with E-state index in [2.05, 4.69) is 0 Å². The van der Waals surface area contributed by atoms with Gasteiger partial charge in [-0.2, -0.15) is 0 Å². The molecule has 0 radical (unpaired) electrons. The normalized spacial score (nSPS) is 27.1. The molecule has 0 spiro atoms. The van der Waals surface area contributed by atoms with Crippen molar-refractivity contribution >= 4 is 39.1 Å². The molecular weight excluding hydrogens is 297 g/mol. The maximum Gasteiger partial charge on any atom is 0.269 e. The summed E-state index contributed by atoms with van der Waals surface area (Å²) in [5.74, 6) is -0.685. The van der Waals surface area contributed by atoms with Crippen molar-refractivity contribution in [1.29, 1.82) is 0 Å². The minimum absolute atomic E-state index is 0.0445. The zero-order chi connectivity index (χ0) is 13.1. The largest absolute Gasteiger partial charge is 0.269 e. The molecule has 4 nitrogen and oxygen atoms in total. The zero-order valence-electron chi connectivity index (χ0n) is 9.14. The molecule has 1 unspecified atom stereocenters. The lowest BCUT2D eigenvalue weighted by Gasteiger charge is -2.14. The minimum atomic E-state index is -3.73. The Hall–Kier alpha value is -0.780. The number of rotatable bonds is 2. The molecular formula is C11H9Cl2NO3S. The van der Waals surface area contributed by atoms with E-state index >= 15 is 0 Å². The molecule has 1 heterocycles. The first kappa shape index (κ1) is 12.3. The fourth-order valence-electron chi connectivity index (χ4n) is 2.08. The number of sulfonamides is 1. The molecule has 18 heavy (non-hydrogen) atoms. The van der Waals surface area contributed by atoms with Crippen LogP contribution in [0.4, 0.5) is 0 Å². The molecule has 0 aromatic heterocycles. The predicted molar refractivity (Wildman–Crippen MR) is 67.2 cm³/mol. The summed E-state index contributed by atoms with van der Waals surface area (Å²) in [7, 11) is -3.73. The van der Waals surface area contributed by atoms with Crippen molar-refractivity contribution in [3.8, 4) is 0 Å². The van der Waals surface area contributed by atoms with Gasteiger partial charge in [0.05, 0.1) is 5.56 Å². The zero-order valence-corrected chi connectivity index (χ0v) is 11.5. The Balaban J connectivity index is 1.97. The third kappa shape index (κ3) is 1.65. The van der Waals surface area contributed by atoms with Crippen LogP contribution < -0.4 is 0 Å². The molecule has 1 aliphatic carbocycles. The number of hydrogen-bond acceptors (Lipinski definition) is 3. The smallest absolute Gasteiger partial charge is 0.268 e. The highest BCUT2D eigenvalue weighted by molar-refractivity contribution is 7.90. The molecule has 1 atom stereocenters. The molecule has 0 saturated heterocycles. The fraction of sp³-hybridized carbons (Fsp3) is 0.364. The van der Waals surface area contributed by atoms with Gasteiger partial charge in [-0.3, -0.25) is 4.79 Å². The number of benzene rings is 1. The summed E-state index contributed by atoms with van der Waals surface area (Å²) >= 11 is 11.7. The SMILES string of the molecule is O=C1c2ccccc2S(=O)(=O)N1CC1CC1(Cl)Cl. The molecule has 1 fully saturated rings. The molecule has 7 heteroatoms. The Morgan fingerprint density at radius 3 is 2.50 bits per heavy atom. The average molecular weight is 306 g/mol. The Morgan fingerprint density at radius 2 is 1.94 bits per heavy atom. The number of halogens is 2. The van der Waals surface area contributed by atoms with Crippen LogP contribution in [0, 0.1) is 5.92 Å². The quantitative estimate of drug-likeness (QED) is 0.786. The van der Waals surface area contributed by atoms with Crippen molar-refractivity contribution in [1.82, 2.24) is 4.31 Å². The van der Waals surface area contributed by atoms with Crippen LogP contribution in [0.1, 0.15) is 16.8 Å². The summed E-state index contributed by atoms with van der Waals surface area (Å²) in [6, 6.07) is 6.18. The van der Waals surface area contributed by atoms with Crippen LogP contribution in [0.5, 0.6) is 0 Å². The van der Waals surface area contributed by atoms with Crippen LogP contribution in [0.3, 0.4) is 0 Å². The van der Waals surface area contributed by atoms with Gasteiger partial charge in [-0.1, -0.05) is 12.1 Å². The number of alkyl halides is 2. The molecule has 0 N–H and O–H groups in total. The first-order valence-corrected chi connectivity index (χ1v) is 7.57. The van der Waals surface area contributed by atoms with Gasteiger partial charge in [-0.15, -0.1) is 23.2 Å². The van der Waals surface area contributed by atoms with E-state index in [1.807, 2.05) is 0 Å². The fourth-order valence-corrected chi connectivity index (χ4v) is 4.20. The molecule has 1 amide bonds. The molecule has 1 aromatic carbocycles. The molecule has 0 bridgehead atoms. The summed E-state index contributed by atoms with van der Waals surface area (Å²) in [6.45, 7) is 0.0445. The van der Waals surface area contributed by atoms with Gasteiger partial charge < -0.3 is 0 Å². The number of carbonyl (C=O) groups excluding carboxylic acids is 1. The van der Waals surface area contributed by atoms with Crippen LogP contribution >= 0.6 is 23.2 Å². The van der Waals surface area contributed by atoms with E-state index in [1.54, 1.807) is 12.1 Å². The van der Waals surface area contributed by atoms with Crippen LogP contribution in [0.25, 0.3) is 0 Å². The summed E-state index contributed by atoms with van der Waals surface area (Å²) in [4.78, 5) is 12.1. The number of fused-ring (bicyclic) bond motifs is 1. The lowest BCUT2D eigenvalue weighted by atomic mass is 10.2. The van der Waals surface area contributed by atoms with Gasteiger partial charge in [-0.25, -0.2) is 12.7 Å². The lowest BCUT2D eigenvalue weighted by Crippen LogP contribution is -2.32. The topological polar surface area (TPSA) is 54.5 Å². The van der Waals surface area contributed by atoms with Crippen molar-refractivity contribution in [2.45, 2.75) is 15.6 Å². The summed E-state index contributed by atoms with van der Waals surface area (Å²) < 4.78 is 24.3. The van der Waals surface area contributed by atoms with E-state index in [1.165, 1.54) is 12.1 Å². The summed E-state index contributed by atoms with van der Waals surface area (Å²) in [5, 5.41) is 0. The average Bonchev–Trinajstić information content (AvgIpc) is 2.86. The number of carbonyl (C=O) groups is 1. The molecule has 2 aliphatic rings. The van der Waals surface area contributed by atoms with E-state index in [4.69, 9.17) is 23.2 Å². The second-order valence-electron chi connectivity index (χ2n) is 4.50. The monoisotopic (exact) mass is 305 g/mol. The molecule has 96 valence electrons. The number of amides is 1. The highest BCUT2D eigenvalue weighted by Crippen LogP contribution is 2.54. The highest BCUT2D eigenvalue weighted by Gasteiger charge is 2.55. The van der Waals surface area contributed by atoms with Crippen LogP contribution in [0.2, 0.25) is 0 Å². The van der Waals surface area contributed by atoms with Crippen molar-refractivity contribution in [2.75, 3.05) is 6.54 Å². The van der Waals surface area contributed by atoms with Gasteiger partial charge >= 0.3 is 0 Å².